The summed E-state index contributed by atoms with van der Waals surface area (Å²) in [6.07, 6.45) is -3.64. The van der Waals surface area contributed by atoms with Crippen LogP contribution in [0.15, 0.2) is 47.4 Å². The van der Waals surface area contributed by atoms with Gasteiger partial charge in [0.15, 0.2) is 0 Å². The number of nitrogens with one attached hydrogen (secondary N) is 1. The number of piperidine rings is 1. The molecule has 0 bridgehead atoms. The number of halogens is 3. The Hall–Kier alpha value is -2.59. The molecule has 1 saturated heterocycles. The van der Waals surface area contributed by atoms with Crippen LogP contribution in [0.5, 0.6) is 5.75 Å². The molecule has 0 saturated carbocycles. The normalized spacial score (nSPS) is 17.9. The Bertz CT molecular complexity index is 1070. The zero-order chi connectivity index (χ0) is 22.8. The van der Waals surface area contributed by atoms with Gasteiger partial charge in [-0.2, -0.15) is 17.5 Å². The second-order valence-electron chi connectivity index (χ2n) is 7.42. The van der Waals surface area contributed by atoms with E-state index in [0.29, 0.717) is 12.8 Å². The van der Waals surface area contributed by atoms with Gasteiger partial charge in [-0.25, -0.2) is 8.42 Å². The first kappa shape index (κ1) is 23.1. The van der Waals surface area contributed by atoms with Crippen molar-refractivity contribution < 1.29 is 31.1 Å². The number of amides is 1. The molecule has 1 atom stereocenters. The predicted molar refractivity (Wildman–Crippen MR) is 109 cm³/mol. The Morgan fingerprint density at radius 3 is 2.61 bits per heavy atom. The highest BCUT2D eigenvalue weighted by Crippen LogP contribution is 2.32. The van der Waals surface area contributed by atoms with Crippen molar-refractivity contribution in [2.45, 2.75) is 30.8 Å². The zero-order valence-corrected chi connectivity index (χ0v) is 17.9. The van der Waals surface area contributed by atoms with Crippen LogP contribution in [-0.2, 0) is 21.0 Å². The fraction of sp³-hybridized carbons (Fsp3) is 0.381. The topological polar surface area (TPSA) is 75.7 Å². The number of nitrogens with zero attached hydrogens (tertiary/aromatic N) is 1. The number of sulfonamides is 1. The SMILES string of the molecule is COc1ccc(C)cc1S(=O)(=O)N1CCCC(C(=O)Nc2cccc(C(F)(F)F)c2)C1. The monoisotopic (exact) mass is 456 g/mol. The van der Waals surface area contributed by atoms with Crippen molar-refractivity contribution in [1.29, 1.82) is 0 Å². The molecule has 1 aliphatic heterocycles. The summed E-state index contributed by atoms with van der Waals surface area (Å²) in [7, 11) is -2.53. The van der Waals surface area contributed by atoms with Gasteiger partial charge in [0.1, 0.15) is 10.6 Å². The fourth-order valence-electron chi connectivity index (χ4n) is 3.52. The average molecular weight is 456 g/mol. The van der Waals surface area contributed by atoms with E-state index in [0.717, 1.165) is 17.7 Å². The first-order chi connectivity index (χ1) is 14.5. The van der Waals surface area contributed by atoms with Crippen LogP contribution in [-0.4, -0.2) is 38.8 Å². The van der Waals surface area contributed by atoms with Crippen LogP contribution in [0.1, 0.15) is 24.0 Å². The molecule has 1 heterocycles. The number of aryl methyl sites for hydroxylation is 1. The van der Waals surface area contributed by atoms with Crippen molar-refractivity contribution in [3.8, 4) is 5.75 Å². The van der Waals surface area contributed by atoms with Crippen molar-refractivity contribution in [1.82, 2.24) is 4.31 Å². The summed E-state index contributed by atoms with van der Waals surface area (Å²) >= 11 is 0. The van der Waals surface area contributed by atoms with Crippen LogP contribution in [0.25, 0.3) is 0 Å². The van der Waals surface area contributed by atoms with Gasteiger partial charge in [0, 0.05) is 18.8 Å². The molecule has 3 rings (SSSR count). The maximum Gasteiger partial charge on any atom is 0.416 e. The van der Waals surface area contributed by atoms with Crippen molar-refractivity contribution in [3.05, 3.63) is 53.6 Å². The summed E-state index contributed by atoms with van der Waals surface area (Å²) in [5.74, 6) is -0.995. The summed E-state index contributed by atoms with van der Waals surface area (Å²) in [5, 5.41) is 2.48. The van der Waals surface area contributed by atoms with Crippen LogP contribution < -0.4 is 10.1 Å². The van der Waals surface area contributed by atoms with Crippen LogP contribution >= 0.6 is 0 Å². The smallest absolute Gasteiger partial charge is 0.416 e. The molecule has 1 unspecified atom stereocenters. The van der Waals surface area contributed by atoms with Gasteiger partial charge >= 0.3 is 6.18 Å². The number of rotatable bonds is 5. The average Bonchev–Trinajstić information content (AvgIpc) is 2.73. The second-order valence-corrected chi connectivity index (χ2v) is 9.33. The van der Waals surface area contributed by atoms with E-state index in [1.807, 2.05) is 0 Å². The van der Waals surface area contributed by atoms with E-state index in [1.165, 1.54) is 29.6 Å². The molecule has 168 valence electrons. The number of anilines is 1. The van der Waals surface area contributed by atoms with Gasteiger partial charge < -0.3 is 10.1 Å². The van der Waals surface area contributed by atoms with Gasteiger partial charge in [0.05, 0.1) is 18.6 Å². The van der Waals surface area contributed by atoms with Gasteiger partial charge in [-0.15, -0.1) is 0 Å². The summed E-state index contributed by atoms with van der Waals surface area (Å²) < 4.78 is 71.5. The highest BCUT2D eigenvalue weighted by atomic mass is 32.2. The Kier molecular flexibility index (Phi) is 6.61. The Morgan fingerprint density at radius 2 is 1.94 bits per heavy atom. The number of methoxy groups -OCH3 is 1. The van der Waals surface area contributed by atoms with Gasteiger partial charge in [-0.1, -0.05) is 12.1 Å². The van der Waals surface area contributed by atoms with Gasteiger partial charge in [0.2, 0.25) is 15.9 Å². The number of hydrogen-bond acceptors (Lipinski definition) is 4. The molecule has 31 heavy (non-hydrogen) atoms. The standard InChI is InChI=1S/C21H23F3N2O4S/c1-14-8-9-18(30-2)19(11-14)31(28,29)26-10-4-5-15(13-26)20(27)25-17-7-3-6-16(12-17)21(22,23)24/h3,6-9,11-12,15H,4-5,10,13H2,1-2H3,(H,25,27). The fourth-order valence-corrected chi connectivity index (χ4v) is 5.28. The summed E-state index contributed by atoms with van der Waals surface area (Å²) in [4.78, 5) is 12.7. The van der Waals surface area contributed by atoms with Crippen LogP contribution in [0.3, 0.4) is 0 Å². The van der Waals surface area contributed by atoms with Crippen LogP contribution in [0.2, 0.25) is 0 Å². The largest absolute Gasteiger partial charge is 0.495 e. The molecule has 2 aromatic carbocycles. The first-order valence-corrected chi connectivity index (χ1v) is 11.1. The van der Waals surface area contributed by atoms with E-state index in [9.17, 15) is 26.4 Å². The molecule has 0 radical (unpaired) electrons. The van der Waals surface area contributed by atoms with Crippen LogP contribution in [0, 0.1) is 12.8 Å². The second kappa shape index (κ2) is 8.88. The zero-order valence-electron chi connectivity index (χ0n) is 17.1. The molecule has 1 aliphatic rings. The van der Waals surface area contributed by atoms with E-state index in [1.54, 1.807) is 19.1 Å². The quantitative estimate of drug-likeness (QED) is 0.736. The third kappa shape index (κ3) is 5.19. The van der Waals surface area contributed by atoms with E-state index in [4.69, 9.17) is 4.74 Å². The van der Waals surface area contributed by atoms with Crippen molar-refractivity contribution >= 4 is 21.6 Å². The number of hydrogen-bond donors (Lipinski definition) is 1. The van der Waals surface area contributed by atoms with Gasteiger partial charge in [0.25, 0.3) is 0 Å². The number of alkyl halides is 3. The van der Waals surface area contributed by atoms with Gasteiger partial charge in [-0.05, 0) is 55.7 Å². The third-order valence-electron chi connectivity index (χ3n) is 5.15. The maximum absolute atomic E-state index is 13.2. The Labute approximate surface area is 179 Å². The molecule has 1 amide bonds. The van der Waals surface area contributed by atoms with E-state index in [-0.39, 0.29) is 29.4 Å². The highest BCUT2D eigenvalue weighted by Gasteiger charge is 2.35. The lowest BCUT2D eigenvalue weighted by Crippen LogP contribution is -2.43. The van der Waals surface area contributed by atoms with E-state index < -0.39 is 33.6 Å². The molecule has 1 fully saturated rings. The maximum atomic E-state index is 13.2. The third-order valence-corrected chi connectivity index (χ3v) is 7.04. The van der Waals surface area contributed by atoms with Crippen LogP contribution in [0.4, 0.5) is 18.9 Å². The molecule has 0 aliphatic carbocycles. The molecular weight excluding hydrogens is 433 g/mol. The van der Waals surface area contributed by atoms with Crippen molar-refractivity contribution in [2.75, 3.05) is 25.5 Å². The van der Waals surface area contributed by atoms with E-state index >= 15 is 0 Å². The lowest BCUT2D eigenvalue weighted by atomic mass is 9.98. The number of carbonyl (C=O) groups excluding carboxylic acids is 1. The Balaban J connectivity index is 1.78. The summed E-state index contributed by atoms with van der Waals surface area (Å²) in [6.45, 7) is 1.94. The molecular formula is C21H23F3N2O4S. The minimum Gasteiger partial charge on any atom is -0.495 e. The van der Waals surface area contributed by atoms with Crippen molar-refractivity contribution in [2.24, 2.45) is 5.92 Å². The molecule has 2 aromatic rings. The molecule has 6 nitrogen and oxygen atoms in total. The highest BCUT2D eigenvalue weighted by molar-refractivity contribution is 7.89. The Morgan fingerprint density at radius 1 is 1.19 bits per heavy atom. The van der Waals surface area contributed by atoms with Crippen molar-refractivity contribution in [3.63, 3.8) is 0 Å². The molecule has 1 N–H and O–H groups in total. The summed E-state index contributed by atoms with van der Waals surface area (Å²) in [5.41, 5.74) is -0.111. The molecule has 0 spiro atoms. The molecule has 0 aromatic heterocycles. The molecule has 10 heteroatoms. The minimum absolute atomic E-state index is 0.0140. The number of benzene rings is 2. The first-order valence-electron chi connectivity index (χ1n) is 9.65. The van der Waals surface area contributed by atoms with Gasteiger partial charge in [-0.3, -0.25) is 4.79 Å². The predicted octanol–water partition coefficient (Wildman–Crippen LogP) is 4.06. The van der Waals surface area contributed by atoms with E-state index in [2.05, 4.69) is 5.32 Å². The number of ether oxygens (including phenoxy) is 1. The minimum atomic E-state index is -4.52. The lowest BCUT2D eigenvalue weighted by Gasteiger charge is -2.31. The lowest BCUT2D eigenvalue weighted by molar-refractivity contribution is -0.137. The number of carbonyl (C=O) groups is 1. The summed E-state index contributed by atoms with van der Waals surface area (Å²) in [6, 6.07) is 9.17.